The molecule has 1 aromatic heterocycles. The van der Waals surface area contributed by atoms with Crippen LogP contribution in [0.1, 0.15) is 58.9 Å². The van der Waals surface area contributed by atoms with E-state index in [0.717, 1.165) is 22.0 Å². The zero-order chi connectivity index (χ0) is 32.1. The number of rotatable bonds is 11. The summed E-state index contributed by atoms with van der Waals surface area (Å²) in [5.41, 5.74) is 3.69. The van der Waals surface area contributed by atoms with E-state index in [9.17, 15) is 14.4 Å². The molecule has 10 nitrogen and oxygen atoms in total. The Morgan fingerprint density at radius 1 is 1.04 bits per heavy atom. The number of hydrogen-bond donors (Lipinski definition) is 3. The molecule has 2 heterocycles. The van der Waals surface area contributed by atoms with Crippen LogP contribution in [0.4, 0.5) is 0 Å². The lowest BCUT2D eigenvalue weighted by Crippen LogP contribution is -2.42. The molecule has 1 aliphatic rings. The van der Waals surface area contributed by atoms with E-state index in [1.54, 1.807) is 18.2 Å². The number of nitrogens with zero attached hydrogens (tertiary/aromatic N) is 4. The molecule has 5 rings (SSSR count). The van der Waals surface area contributed by atoms with E-state index in [-0.39, 0.29) is 18.2 Å². The molecule has 0 spiro atoms. The third-order valence-electron chi connectivity index (χ3n) is 7.47. The number of carbonyl (C=O) groups is 2. The number of hydrogen-bond acceptors (Lipinski definition) is 7. The second-order valence-electron chi connectivity index (χ2n) is 11.4. The smallest absolute Gasteiger partial charge is 0.251 e. The Bertz CT molecular complexity index is 1730. The van der Waals surface area contributed by atoms with Gasteiger partial charge < -0.3 is 20.2 Å². The first-order valence-corrected chi connectivity index (χ1v) is 18.3. The maximum absolute atomic E-state index is 12.7. The fourth-order valence-corrected chi connectivity index (χ4v) is 6.33. The lowest BCUT2D eigenvalue weighted by molar-refractivity contribution is -0.121. The Balaban J connectivity index is 1.36. The molecule has 0 radical (unpaired) electrons. The van der Waals surface area contributed by atoms with E-state index in [4.69, 9.17) is 21.3 Å². The number of halogens is 1. The van der Waals surface area contributed by atoms with Crippen molar-refractivity contribution in [3.63, 3.8) is 0 Å². The number of benzene rings is 3. The predicted molar refractivity (Wildman–Crippen MR) is 177 cm³/mol. The highest BCUT2D eigenvalue weighted by Crippen LogP contribution is 2.34. The Labute approximate surface area is 268 Å². The highest BCUT2D eigenvalue weighted by atomic mass is 35.5. The van der Waals surface area contributed by atoms with Crippen molar-refractivity contribution < 1.29 is 19.1 Å². The minimum atomic E-state index is -2.51. The summed E-state index contributed by atoms with van der Waals surface area (Å²) in [4.78, 5) is 40.9. The van der Waals surface area contributed by atoms with Crippen LogP contribution in [0.5, 0.6) is 5.75 Å². The third kappa shape index (κ3) is 7.50. The minimum Gasteiger partial charge on any atom is -0.494 e. The van der Waals surface area contributed by atoms with E-state index in [2.05, 4.69) is 20.8 Å². The first-order valence-electron chi connectivity index (χ1n) is 15.0. The van der Waals surface area contributed by atoms with Gasteiger partial charge in [-0.1, -0.05) is 35.9 Å². The average Bonchev–Trinajstić information content (AvgIpc) is 3.34. The van der Waals surface area contributed by atoms with Crippen molar-refractivity contribution in [1.82, 2.24) is 25.4 Å². The van der Waals surface area contributed by atoms with Crippen LogP contribution >= 0.6 is 11.6 Å². The number of fused-ring (bicyclic) bond motifs is 3. The zero-order valence-electron chi connectivity index (χ0n) is 25.8. The SMILES string of the molecule is CCNC(=O)CC1N=C(c2ccc(Cl)cc2)c2cc(OCCCNC(=O)c3cccc([Si](C)(C)O)c3)ccc2-n2c(C)nnc21. The van der Waals surface area contributed by atoms with Crippen LogP contribution in [0, 0.1) is 6.92 Å². The van der Waals surface area contributed by atoms with Gasteiger partial charge in [0.25, 0.3) is 5.91 Å². The van der Waals surface area contributed by atoms with Gasteiger partial charge in [-0.3, -0.25) is 19.1 Å². The standard InChI is InChI=1S/C33H37ClN6O4Si/c1-5-35-30(41)20-28-32-39-38-21(2)40(32)29-15-14-25(19-27(29)31(37-28)22-10-12-24(34)13-11-22)44-17-7-16-36-33(42)23-8-6-9-26(18-23)45(3,4)43/h6,8-15,18-19,28,43H,5,7,16-17,20H2,1-4H3,(H,35,41)(H,36,42). The summed E-state index contributed by atoms with van der Waals surface area (Å²) < 4.78 is 8.08. The molecule has 1 unspecified atom stereocenters. The summed E-state index contributed by atoms with van der Waals surface area (Å²) in [5.74, 6) is 1.59. The predicted octanol–water partition coefficient (Wildman–Crippen LogP) is 4.25. The molecule has 12 heteroatoms. The molecule has 0 saturated carbocycles. The molecule has 45 heavy (non-hydrogen) atoms. The quantitative estimate of drug-likeness (QED) is 0.165. The van der Waals surface area contributed by atoms with Gasteiger partial charge >= 0.3 is 0 Å². The van der Waals surface area contributed by atoms with Crippen molar-refractivity contribution in [3.05, 3.63) is 100 Å². The van der Waals surface area contributed by atoms with Crippen molar-refractivity contribution in [2.24, 2.45) is 4.99 Å². The van der Waals surface area contributed by atoms with Gasteiger partial charge in [0, 0.05) is 34.8 Å². The van der Waals surface area contributed by atoms with Crippen molar-refractivity contribution in [2.45, 2.75) is 45.8 Å². The number of aryl methyl sites for hydroxylation is 1. The Morgan fingerprint density at radius 2 is 1.82 bits per heavy atom. The highest BCUT2D eigenvalue weighted by Gasteiger charge is 2.30. The lowest BCUT2D eigenvalue weighted by Gasteiger charge is -2.16. The topological polar surface area (TPSA) is 131 Å². The molecule has 2 amide bonds. The van der Waals surface area contributed by atoms with Gasteiger partial charge in [0.1, 0.15) is 17.6 Å². The summed E-state index contributed by atoms with van der Waals surface area (Å²) in [6.07, 6.45) is 0.709. The van der Waals surface area contributed by atoms with Crippen molar-refractivity contribution in [1.29, 1.82) is 0 Å². The fourth-order valence-electron chi connectivity index (χ4n) is 5.19. The molecule has 0 bridgehead atoms. The van der Waals surface area contributed by atoms with Gasteiger partial charge in [-0.2, -0.15) is 0 Å². The minimum absolute atomic E-state index is 0.121. The van der Waals surface area contributed by atoms with E-state index < -0.39 is 14.4 Å². The van der Waals surface area contributed by atoms with Crippen LogP contribution in [-0.2, 0) is 4.79 Å². The number of nitrogens with one attached hydrogen (secondary N) is 2. The molecule has 4 aromatic rings. The first-order chi connectivity index (χ1) is 21.5. The number of aliphatic imine (C=N–C) groups is 1. The second-order valence-corrected chi connectivity index (χ2v) is 15.5. The Hall–Kier alpha value is -4.32. The summed E-state index contributed by atoms with van der Waals surface area (Å²) >= 11 is 6.21. The second kappa shape index (κ2) is 13.8. The van der Waals surface area contributed by atoms with Gasteiger partial charge in [0.15, 0.2) is 5.82 Å². The summed E-state index contributed by atoms with van der Waals surface area (Å²) in [7, 11) is -2.51. The molecular weight excluding hydrogens is 608 g/mol. The van der Waals surface area contributed by atoms with E-state index in [1.165, 1.54) is 0 Å². The van der Waals surface area contributed by atoms with Crippen LogP contribution < -0.4 is 20.6 Å². The summed E-state index contributed by atoms with van der Waals surface area (Å²) in [6, 6.07) is 19.8. The van der Waals surface area contributed by atoms with Gasteiger partial charge in [-0.15, -0.1) is 10.2 Å². The monoisotopic (exact) mass is 644 g/mol. The fraction of sp³-hybridized carbons (Fsp3) is 0.303. The van der Waals surface area contributed by atoms with Gasteiger partial charge in [0.2, 0.25) is 14.2 Å². The zero-order valence-corrected chi connectivity index (χ0v) is 27.6. The third-order valence-corrected chi connectivity index (χ3v) is 9.45. The van der Waals surface area contributed by atoms with Crippen LogP contribution in [0.2, 0.25) is 18.1 Å². The first kappa shape index (κ1) is 32.1. The molecule has 1 aliphatic heterocycles. The van der Waals surface area contributed by atoms with Crippen molar-refractivity contribution >= 4 is 42.6 Å². The maximum Gasteiger partial charge on any atom is 0.251 e. The van der Waals surface area contributed by atoms with Crippen molar-refractivity contribution in [2.75, 3.05) is 19.7 Å². The van der Waals surface area contributed by atoms with E-state index in [0.29, 0.717) is 59.8 Å². The van der Waals surface area contributed by atoms with E-state index >= 15 is 0 Å². The molecule has 3 N–H and O–H groups in total. The normalized spacial score (nSPS) is 14.1. The number of aromatic nitrogens is 3. The molecular formula is C33H37ClN6O4Si. The average molecular weight is 645 g/mol. The lowest BCUT2D eigenvalue weighted by atomic mass is 10.00. The van der Waals surface area contributed by atoms with Gasteiger partial charge in [0.05, 0.1) is 24.4 Å². The van der Waals surface area contributed by atoms with Crippen LogP contribution in [0.15, 0.2) is 71.7 Å². The molecule has 0 saturated heterocycles. The van der Waals surface area contributed by atoms with Gasteiger partial charge in [-0.05, 0) is 81.0 Å². The Kier molecular flexibility index (Phi) is 9.81. The van der Waals surface area contributed by atoms with Gasteiger partial charge in [-0.25, -0.2) is 0 Å². The molecule has 1 atom stereocenters. The van der Waals surface area contributed by atoms with Crippen LogP contribution in [0.25, 0.3) is 5.69 Å². The largest absolute Gasteiger partial charge is 0.494 e. The maximum atomic E-state index is 12.7. The summed E-state index contributed by atoms with van der Waals surface area (Å²) in [6.45, 7) is 8.72. The van der Waals surface area contributed by atoms with Crippen LogP contribution in [-0.4, -0.2) is 65.1 Å². The van der Waals surface area contributed by atoms with Crippen molar-refractivity contribution in [3.8, 4) is 11.4 Å². The molecule has 0 fully saturated rings. The van der Waals surface area contributed by atoms with E-state index in [1.807, 2.05) is 80.0 Å². The number of amides is 2. The molecule has 234 valence electrons. The Morgan fingerprint density at radius 3 is 2.56 bits per heavy atom. The number of carbonyl (C=O) groups excluding carboxylic acids is 2. The van der Waals surface area contributed by atoms with Crippen LogP contribution in [0.3, 0.4) is 0 Å². The number of ether oxygens (including phenoxy) is 1. The summed E-state index contributed by atoms with van der Waals surface area (Å²) in [5, 5.41) is 16.0. The molecule has 0 aliphatic carbocycles. The highest BCUT2D eigenvalue weighted by molar-refractivity contribution is 6.83. The molecule has 3 aromatic carbocycles.